The Bertz CT molecular complexity index is 423. The van der Waals surface area contributed by atoms with Gasteiger partial charge in [-0.05, 0) is 50.3 Å². The molecular weight excluding hydrogens is 229 g/mol. The van der Waals surface area contributed by atoms with Crippen LogP contribution in [0.5, 0.6) is 0 Å². The van der Waals surface area contributed by atoms with Crippen LogP contribution >= 0.6 is 0 Å². The zero-order valence-corrected chi connectivity index (χ0v) is 11.4. The topological polar surface area (TPSA) is 23.5 Å². The third-order valence-corrected chi connectivity index (χ3v) is 3.88. The Morgan fingerprint density at radius 2 is 1.94 bits per heavy atom. The van der Waals surface area contributed by atoms with Crippen molar-refractivity contribution in [3.8, 4) is 0 Å². The molecule has 0 bridgehead atoms. The highest BCUT2D eigenvalue weighted by atomic mass is 19.1. The summed E-state index contributed by atoms with van der Waals surface area (Å²) in [6.45, 7) is 7.72. The van der Waals surface area contributed by atoms with Crippen LogP contribution in [0.4, 0.5) is 10.1 Å². The number of aliphatic hydroxyl groups excluding tert-OH is 1. The largest absolute Gasteiger partial charge is 0.389 e. The summed E-state index contributed by atoms with van der Waals surface area (Å²) in [6, 6.07) is 3.35. The number of aryl methyl sites for hydroxylation is 1. The fraction of sp³-hybridized carbons (Fsp3) is 0.600. The third kappa shape index (κ3) is 2.66. The number of aliphatic hydroxyl groups is 1. The first kappa shape index (κ1) is 13.3. The van der Waals surface area contributed by atoms with E-state index >= 15 is 0 Å². The highest BCUT2D eigenvalue weighted by Crippen LogP contribution is 2.32. The van der Waals surface area contributed by atoms with Gasteiger partial charge < -0.3 is 10.0 Å². The van der Waals surface area contributed by atoms with Crippen molar-refractivity contribution in [3.05, 3.63) is 29.1 Å². The maximum absolute atomic E-state index is 13.6. The van der Waals surface area contributed by atoms with Gasteiger partial charge in [-0.1, -0.05) is 6.92 Å². The highest BCUT2D eigenvalue weighted by molar-refractivity contribution is 5.57. The zero-order valence-electron chi connectivity index (χ0n) is 11.4. The van der Waals surface area contributed by atoms with Gasteiger partial charge in [0.15, 0.2) is 0 Å². The molecule has 2 nitrogen and oxygen atoms in total. The van der Waals surface area contributed by atoms with Crippen molar-refractivity contribution >= 4 is 5.69 Å². The summed E-state index contributed by atoms with van der Waals surface area (Å²) < 4.78 is 13.6. The molecule has 1 atom stereocenters. The number of piperidine rings is 1. The highest BCUT2D eigenvalue weighted by Gasteiger charge is 2.21. The molecule has 0 radical (unpaired) electrons. The number of halogens is 1. The number of hydrogen-bond donors (Lipinski definition) is 1. The summed E-state index contributed by atoms with van der Waals surface area (Å²) in [7, 11) is 0. The number of nitrogens with zero attached hydrogens (tertiary/aromatic N) is 1. The van der Waals surface area contributed by atoms with E-state index < -0.39 is 6.10 Å². The molecule has 0 amide bonds. The molecule has 1 saturated heterocycles. The standard InChI is InChI=1S/C15H22FNO/c1-10-4-6-17(7-5-10)15-8-11(2)14(16)9-13(15)12(3)18/h8-10,12,18H,4-7H2,1-3H3. The number of anilines is 1. The lowest BCUT2D eigenvalue weighted by molar-refractivity contribution is 0.199. The average Bonchev–Trinajstić information content (AvgIpc) is 2.33. The van der Waals surface area contributed by atoms with Crippen LogP contribution in [0.2, 0.25) is 0 Å². The molecule has 1 aliphatic rings. The van der Waals surface area contributed by atoms with Gasteiger partial charge in [-0.15, -0.1) is 0 Å². The maximum atomic E-state index is 13.6. The van der Waals surface area contributed by atoms with Crippen molar-refractivity contribution < 1.29 is 9.50 Å². The molecule has 1 aromatic rings. The predicted octanol–water partition coefficient (Wildman–Crippen LogP) is 3.42. The monoisotopic (exact) mass is 251 g/mol. The van der Waals surface area contributed by atoms with Crippen LogP contribution in [0.25, 0.3) is 0 Å². The van der Waals surface area contributed by atoms with Crippen molar-refractivity contribution in [2.24, 2.45) is 5.92 Å². The molecule has 0 aliphatic carbocycles. The molecule has 1 unspecified atom stereocenters. The van der Waals surface area contributed by atoms with Crippen molar-refractivity contribution in [1.82, 2.24) is 0 Å². The first-order chi connectivity index (χ1) is 8.49. The van der Waals surface area contributed by atoms with Crippen LogP contribution in [-0.4, -0.2) is 18.2 Å². The molecule has 0 spiro atoms. The molecule has 0 saturated carbocycles. The van der Waals surface area contributed by atoms with E-state index in [4.69, 9.17) is 0 Å². The molecular formula is C15H22FNO. The molecule has 1 aliphatic heterocycles. The second-order valence-electron chi connectivity index (χ2n) is 5.51. The van der Waals surface area contributed by atoms with E-state index in [2.05, 4.69) is 11.8 Å². The Morgan fingerprint density at radius 3 is 2.50 bits per heavy atom. The number of benzene rings is 1. The van der Waals surface area contributed by atoms with Crippen LogP contribution in [0.3, 0.4) is 0 Å². The van der Waals surface area contributed by atoms with Gasteiger partial charge in [0, 0.05) is 24.3 Å². The summed E-state index contributed by atoms with van der Waals surface area (Å²) in [5.74, 6) is 0.526. The van der Waals surface area contributed by atoms with Crippen molar-refractivity contribution in [2.45, 2.75) is 39.7 Å². The molecule has 1 fully saturated rings. The lowest BCUT2D eigenvalue weighted by Crippen LogP contribution is -2.33. The summed E-state index contributed by atoms with van der Waals surface area (Å²) >= 11 is 0. The Balaban J connectivity index is 2.33. The van der Waals surface area contributed by atoms with Gasteiger partial charge in [0.05, 0.1) is 6.10 Å². The van der Waals surface area contributed by atoms with Gasteiger partial charge in [-0.2, -0.15) is 0 Å². The van der Waals surface area contributed by atoms with E-state index in [0.717, 1.165) is 37.5 Å². The van der Waals surface area contributed by atoms with Crippen LogP contribution in [0.15, 0.2) is 12.1 Å². The summed E-state index contributed by atoms with van der Waals surface area (Å²) in [5.41, 5.74) is 2.34. The fourth-order valence-electron chi connectivity index (χ4n) is 2.54. The summed E-state index contributed by atoms with van der Waals surface area (Å²) in [5, 5.41) is 9.81. The Kier molecular flexibility index (Phi) is 3.91. The summed E-state index contributed by atoms with van der Waals surface area (Å²) in [4.78, 5) is 2.27. The van der Waals surface area contributed by atoms with Crippen molar-refractivity contribution in [2.75, 3.05) is 18.0 Å². The average molecular weight is 251 g/mol. The molecule has 1 N–H and O–H groups in total. The predicted molar refractivity (Wildman–Crippen MR) is 72.4 cm³/mol. The third-order valence-electron chi connectivity index (χ3n) is 3.88. The molecule has 18 heavy (non-hydrogen) atoms. The van der Waals surface area contributed by atoms with Crippen LogP contribution in [0.1, 0.15) is 43.9 Å². The van der Waals surface area contributed by atoms with Crippen LogP contribution in [0, 0.1) is 18.7 Å². The molecule has 2 rings (SSSR count). The Hall–Kier alpha value is -1.09. The summed E-state index contributed by atoms with van der Waals surface area (Å²) in [6.07, 6.45) is 1.69. The van der Waals surface area contributed by atoms with Crippen LogP contribution < -0.4 is 4.90 Å². The molecule has 3 heteroatoms. The molecule has 100 valence electrons. The Labute approximate surface area is 108 Å². The van der Waals surface area contributed by atoms with Crippen LogP contribution in [-0.2, 0) is 0 Å². The SMILES string of the molecule is Cc1cc(N2CCC(C)CC2)c(C(C)O)cc1F. The van der Waals surface area contributed by atoms with E-state index in [9.17, 15) is 9.50 Å². The number of rotatable bonds is 2. The minimum absolute atomic E-state index is 0.236. The van der Waals surface area contributed by atoms with Gasteiger partial charge in [0.25, 0.3) is 0 Å². The van der Waals surface area contributed by atoms with Gasteiger partial charge in [-0.25, -0.2) is 4.39 Å². The van der Waals surface area contributed by atoms with Crippen molar-refractivity contribution in [1.29, 1.82) is 0 Å². The minimum Gasteiger partial charge on any atom is -0.389 e. The van der Waals surface area contributed by atoms with E-state index in [1.165, 1.54) is 6.07 Å². The van der Waals surface area contributed by atoms with E-state index in [1.54, 1.807) is 13.8 Å². The molecule has 1 heterocycles. The van der Waals surface area contributed by atoms with E-state index in [-0.39, 0.29) is 5.82 Å². The second kappa shape index (κ2) is 5.27. The minimum atomic E-state index is -0.630. The van der Waals surface area contributed by atoms with Gasteiger partial charge in [0.2, 0.25) is 0 Å². The quantitative estimate of drug-likeness (QED) is 0.870. The van der Waals surface area contributed by atoms with Gasteiger partial charge in [0.1, 0.15) is 5.82 Å². The zero-order chi connectivity index (χ0) is 13.3. The van der Waals surface area contributed by atoms with Gasteiger partial charge in [-0.3, -0.25) is 0 Å². The normalized spacial score (nSPS) is 19.1. The lowest BCUT2D eigenvalue weighted by atomic mass is 9.96. The molecule has 1 aromatic carbocycles. The number of hydrogen-bond acceptors (Lipinski definition) is 2. The molecule has 0 aromatic heterocycles. The Morgan fingerprint density at radius 1 is 1.33 bits per heavy atom. The maximum Gasteiger partial charge on any atom is 0.126 e. The second-order valence-corrected chi connectivity index (χ2v) is 5.51. The first-order valence-electron chi connectivity index (χ1n) is 6.72. The van der Waals surface area contributed by atoms with E-state index in [0.29, 0.717) is 11.1 Å². The lowest BCUT2D eigenvalue weighted by Gasteiger charge is -2.34. The first-order valence-corrected chi connectivity index (χ1v) is 6.72. The van der Waals surface area contributed by atoms with E-state index in [1.807, 2.05) is 6.07 Å². The smallest absolute Gasteiger partial charge is 0.126 e. The van der Waals surface area contributed by atoms with Gasteiger partial charge >= 0.3 is 0 Å². The van der Waals surface area contributed by atoms with Crippen molar-refractivity contribution in [3.63, 3.8) is 0 Å². The fourth-order valence-corrected chi connectivity index (χ4v) is 2.54.